The molecule has 202 valence electrons. The summed E-state index contributed by atoms with van der Waals surface area (Å²) in [5, 5.41) is 0. The van der Waals surface area contributed by atoms with Gasteiger partial charge in [-0.3, -0.25) is 4.79 Å². The molecular formula is C27H39F2NO6. The molecule has 2 fully saturated rings. The Bertz CT molecular complexity index is 918. The Kier molecular flexibility index (Phi) is 9.55. The lowest BCUT2D eigenvalue weighted by Crippen LogP contribution is -2.43. The first-order valence-corrected chi connectivity index (χ1v) is 12.9. The van der Waals surface area contributed by atoms with Crippen molar-refractivity contribution in [1.82, 2.24) is 4.90 Å². The fraction of sp³-hybridized carbons (Fsp3) is 0.704. The van der Waals surface area contributed by atoms with E-state index in [0.717, 1.165) is 6.07 Å². The summed E-state index contributed by atoms with van der Waals surface area (Å²) in [6.45, 7) is 10.6. The van der Waals surface area contributed by atoms with E-state index in [2.05, 4.69) is 0 Å². The highest BCUT2D eigenvalue weighted by molar-refractivity contribution is 5.80. The third-order valence-corrected chi connectivity index (χ3v) is 6.65. The minimum Gasteiger partial charge on any atom is -0.487 e. The van der Waals surface area contributed by atoms with Crippen molar-refractivity contribution in [3.05, 3.63) is 28.8 Å². The molecule has 0 aliphatic carbocycles. The van der Waals surface area contributed by atoms with Crippen molar-refractivity contribution < 1.29 is 37.3 Å². The highest BCUT2D eigenvalue weighted by atomic mass is 19.1. The molecule has 2 heterocycles. The Morgan fingerprint density at radius 3 is 2.31 bits per heavy atom. The lowest BCUT2D eigenvalue weighted by molar-refractivity contribution is -0.147. The van der Waals surface area contributed by atoms with Crippen LogP contribution in [0.2, 0.25) is 0 Å². The average Bonchev–Trinajstić information content (AvgIpc) is 2.82. The number of piperidine rings is 1. The summed E-state index contributed by atoms with van der Waals surface area (Å²) in [6, 6.07) is 1.08. The highest BCUT2D eigenvalue weighted by Gasteiger charge is 2.40. The van der Waals surface area contributed by atoms with E-state index in [1.54, 1.807) is 39.5 Å². The molecule has 0 bridgehead atoms. The zero-order valence-electron chi connectivity index (χ0n) is 22.0. The number of rotatable bonds is 7. The van der Waals surface area contributed by atoms with Crippen molar-refractivity contribution >= 4 is 12.1 Å². The maximum atomic E-state index is 16.0. The van der Waals surface area contributed by atoms with Gasteiger partial charge in [-0.2, -0.15) is 0 Å². The van der Waals surface area contributed by atoms with Gasteiger partial charge in [0.05, 0.1) is 25.7 Å². The number of likely N-dealkylation sites (tertiary alicyclic amines) is 1. The van der Waals surface area contributed by atoms with E-state index in [1.165, 1.54) is 0 Å². The first-order valence-electron chi connectivity index (χ1n) is 12.9. The van der Waals surface area contributed by atoms with Crippen LogP contribution in [0.3, 0.4) is 0 Å². The standard InChI is InChI=1S/C27H39F2NO6/c1-6-19-20(28)16-21(35-18-10-14-33-15-11-18)24(29)23(19)22(25(31)34-7-2)17-8-12-30(13-9-17)26(32)36-27(3,4)5/h16-18,22H,6-15H2,1-5H3. The van der Waals surface area contributed by atoms with Crippen molar-refractivity contribution in [2.75, 3.05) is 32.9 Å². The van der Waals surface area contributed by atoms with Crippen LogP contribution in [0.1, 0.15) is 77.3 Å². The van der Waals surface area contributed by atoms with Crippen molar-refractivity contribution in [3.8, 4) is 5.75 Å². The minimum atomic E-state index is -1.01. The monoisotopic (exact) mass is 511 g/mol. The number of carbonyl (C=O) groups excluding carboxylic acids is 2. The van der Waals surface area contributed by atoms with Crippen LogP contribution in [0, 0.1) is 17.6 Å². The maximum Gasteiger partial charge on any atom is 0.410 e. The largest absolute Gasteiger partial charge is 0.487 e. The van der Waals surface area contributed by atoms with Crippen LogP contribution in [0.4, 0.5) is 13.6 Å². The van der Waals surface area contributed by atoms with Gasteiger partial charge in [-0.05, 0) is 58.4 Å². The molecule has 2 aliphatic rings. The number of hydrogen-bond donors (Lipinski definition) is 0. The van der Waals surface area contributed by atoms with Crippen molar-refractivity contribution in [3.63, 3.8) is 0 Å². The Balaban J connectivity index is 1.92. The molecule has 1 unspecified atom stereocenters. The lowest BCUT2D eigenvalue weighted by Gasteiger charge is -2.36. The normalized spacial score (nSPS) is 18.6. The number of halogens is 2. The van der Waals surface area contributed by atoms with Gasteiger partial charge in [0.2, 0.25) is 0 Å². The number of carbonyl (C=O) groups is 2. The number of hydrogen-bond acceptors (Lipinski definition) is 6. The second-order valence-electron chi connectivity index (χ2n) is 10.4. The summed E-state index contributed by atoms with van der Waals surface area (Å²) in [5.74, 6) is -3.44. The number of ether oxygens (including phenoxy) is 4. The third kappa shape index (κ3) is 6.87. The number of esters is 1. The van der Waals surface area contributed by atoms with Gasteiger partial charge in [-0.25, -0.2) is 13.6 Å². The van der Waals surface area contributed by atoms with Crippen LogP contribution < -0.4 is 4.74 Å². The Morgan fingerprint density at radius 2 is 1.75 bits per heavy atom. The molecule has 7 nitrogen and oxygen atoms in total. The van der Waals surface area contributed by atoms with E-state index in [4.69, 9.17) is 18.9 Å². The molecule has 0 spiro atoms. The van der Waals surface area contributed by atoms with E-state index in [0.29, 0.717) is 52.0 Å². The summed E-state index contributed by atoms with van der Waals surface area (Å²) in [4.78, 5) is 27.3. The zero-order chi connectivity index (χ0) is 26.5. The van der Waals surface area contributed by atoms with Crippen LogP contribution in [0.5, 0.6) is 5.75 Å². The van der Waals surface area contributed by atoms with Crippen molar-refractivity contribution in [2.24, 2.45) is 5.92 Å². The Hall–Kier alpha value is -2.42. The van der Waals surface area contributed by atoms with Gasteiger partial charge in [0, 0.05) is 37.6 Å². The maximum absolute atomic E-state index is 16.0. The van der Waals surface area contributed by atoms with Crippen LogP contribution in [0.15, 0.2) is 6.07 Å². The molecule has 0 saturated carbocycles. The molecule has 3 rings (SSSR count). The smallest absolute Gasteiger partial charge is 0.410 e. The van der Waals surface area contributed by atoms with E-state index in [-0.39, 0.29) is 41.9 Å². The molecule has 0 radical (unpaired) electrons. The molecule has 1 aromatic rings. The quantitative estimate of drug-likeness (QED) is 0.458. The van der Waals surface area contributed by atoms with Crippen molar-refractivity contribution in [1.29, 1.82) is 0 Å². The molecule has 9 heteroatoms. The molecule has 1 atom stereocenters. The molecule has 0 aromatic heterocycles. The fourth-order valence-corrected chi connectivity index (χ4v) is 4.92. The zero-order valence-corrected chi connectivity index (χ0v) is 22.0. The Morgan fingerprint density at radius 1 is 1.11 bits per heavy atom. The van der Waals surface area contributed by atoms with Gasteiger partial charge in [-0.1, -0.05) is 6.92 Å². The van der Waals surface area contributed by atoms with Gasteiger partial charge in [0.25, 0.3) is 0 Å². The molecule has 36 heavy (non-hydrogen) atoms. The predicted octanol–water partition coefficient (Wildman–Crippen LogP) is 5.38. The molecule has 1 aromatic carbocycles. The summed E-state index contributed by atoms with van der Waals surface area (Å²) < 4.78 is 53.3. The first-order chi connectivity index (χ1) is 17.1. The van der Waals surface area contributed by atoms with Gasteiger partial charge in [-0.15, -0.1) is 0 Å². The average molecular weight is 512 g/mol. The highest BCUT2D eigenvalue weighted by Crippen LogP contribution is 2.41. The second kappa shape index (κ2) is 12.2. The van der Waals surface area contributed by atoms with Crippen LogP contribution >= 0.6 is 0 Å². The van der Waals surface area contributed by atoms with E-state index in [9.17, 15) is 9.59 Å². The van der Waals surface area contributed by atoms with Gasteiger partial charge >= 0.3 is 12.1 Å². The lowest BCUT2D eigenvalue weighted by atomic mass is 9.77. The Labute approximate surface area is 212 Å². The SMILES string of the molecule is CCOC(=O)C(c1c(F)c(OC2CCOCC2)cc(F)c1CC)C1CCN(C(=O)OC(C)(C)C)CC1. The van der Waals surface area contributed by atoms with Crippen LogP contribution in [0.25, 0.3) is 0 Å². The molecule has 1 amide bonds. The summed E-state index contributed by atoms with van der Waals surface area (Å²) in [7, 11) is 0. The molecule has 2 saturated heterocycles. The van der Waals surface area contributed by atoms with E-state index < -0.39 is 35.2 Å². The van der Waals surface area contributed by atoms with E-state index >= 15 is 8.78 Å². The molecule has 0 N–H and O–H groups in total. The second-order valence-corrected chi connectivity index (χ2v) is 10.4. The topological polar surface area (TPSA) is 74.3 Å². The fourth-order valence-electron chi connectivity index (χ4n) is 4.92. The minimum absolute atomic E-state index is 0.00808. The third-order valence-electron chi connectivity index (χ3n) is 6.65. The van der Waals surface area contributed by atoms with Gasteiger partial charge in [0.1, 0.15) is 17.5 Å². The molecular weight excluding hydrogens is 472 g/mol. The summed E-state index contributed by atoms with van der Waals surface area (Å²) in [6.07, 6.45) is 1.52. The summed E-state index contributed by atoms with van der Waals surface area (Å²) >= 11 is 0. The number of nitrogens with zero attached hydrogens (tertiary/aromatic N) is 1. The van der Waals surface area contributed by atoms with Crippen LogP contribution in [-0.2, 0) is 25.4 Å². The number of benzene rings is 1. The molecule has 2 aliphatic heterocycles. The van der Waals surface area contributed by atoms with Gasteiger partial charge in [0.15, 0.2) is 11.6 Å². The van der Waals surface area contributed by atoms with Crippen molar-refractivity contribution in [2.45, 2.75) is 84.3 Å². The van der Waals surface area contributed by atoms with Crippen LogP contribution in [-0.4, -0.2) is 61.6 Å². The first kappa shape index (κ1) is 28.2. The number of amides is 1. The predicted molar refractivity (Wildman–Crippen MR) is 130 cm³/mol. The summed E-state index contributed by atoms with van der Waals surface area (Å²) in [5.41, 5.74) is -0.462. The van der Waals surface area contributed by atoms with E-state index in [1.807, 2.05) is 0 Å². The van der Waals surface area contributed by atoms with Gasteiger partial charge < -0.3 is 23.8 Å².